The van der Waals surface area contributed by atoms with Crippen LogP contribution >= 0.6 is 0 Å². The number of benzene rings is 1. The number of hydrogen-bond acceptors (Lipinski definition) is 4. The molecule has 0 aliphatic heterocycles. The third kappa shape index (κ3) is 4.17. The lowest BCUT2D eigenvalue weighted by molar-refractivity contribution is -0.123. The Labute approximate surface area is 113 Å². The van der Waals surface area contributed by atoms with Crippen molar-refractivity contribution in [1.82, 2.24) is 0 Å². The first-order valence-electron chi connectivity index (χ1n) is 6.19. The van der Waals surface area contributed by atoms with E-state index in [-0.39, 0.29) is 30.5 Å². The fourth-order valence-corrected chi connectivity index (χ4v) is 1.97. The second-order valence-corrected chi connectivity index (χ2v) is 4.63. The van der Waals surface area contributed by atoms with Crippen LogP contribution in [0.4, 0.5) is 0 Å². The highest BCUT2D eigenvalue weighted by Crippen LogP contribution is 2.21. The van der Waals surface area contributed by atoms with Gasteiger partial charge in [0.25, 0.3) is 0 Å². The third-order valence-electron chi connectivity index (χ3n) is 2.97. The number of carbonyl (C=O) groups excluding carboxylic acids is 2. The Morgan fingerprint density at radius 1 is 1.26 bits per heavy atom. The van der Waals surface area contributed by atoms with Gasteiger partial charge in [0.2, 0.25) is 0 Å². The van der Waals surface area contributed by atoms with Crippen molar-refractivity contribution in [3.63, 3.8) is 0 Å². The topological polar surface area (TPSA) is 52.6 Å². The van der Waals surface area contributed by atoms with Crippen LogP contribution in [-0.2, 0) is 9.53 Å². The molecular weight excluding hydrogens is 244 g/mol. The van der Waals surface area contributed by atoms with Crippen molar-refractivity contribution >= 4 is 11.6 Å². The standard InChI is InChI=1S/C15H20O4/c1-10-7-12(5-6-14(10)19-4)15(17)11(2)8-13(16)9-18-3/h5-7,11H,8-9H2,1-4H3. The lowest BCUT2D eigenvalue weighted by Gasteiger charge is -2.11. The maximum absolute atomic E-state index is 12.2. The number of aryl methyl sites for hydroxylation is 1. The van der Waals surface area contributed by atoms with Gasteiger partial charge in [-0.15, -0.1) is 0 Å². The van der Waals surface area contributed by atoms with Crippen molar-refractivity contribution in [2.45, 2.75) is 20.3 Å². The van der Waals surface area contributed by atoms with E-state index in [1.165, 1.54) is 7.11 Å². The van der Waals surface area contributed by atoms with E-state index in [0.29, 0.717) is 5.56 Å². The Hall–Kier alpha value is -1.68. The minimum Gasteiger partial charge on any atom is -0.496 e. The maximum Gasteiger partial charge on any atom is 0.166 e. The number of rotatable bonds is 7. The first kappa shape index (κ1) is 15.4. The van der Waals surface area contributed by atoms with Gasteiger partial charge in [0, 0.05) is 25.0 Å². The Bertz CT molecular complexity index is 465. The van der Waals surface area contributed by atoms with Crippen molar-refractivity contribution in [2.75, 3.05) is 20.8 Å². The van der Waals surface area contributed by atoms with E-state index in [2.05, 4.69) is 0 Å². The van der Waals surface area contributed by atoms with E-state index in [1.54, 1.807) is 32.2 Å². The molecule has 0 saturated carbocycles. The molecule has 1 unspecified atom stereocenters. The molecule has 0 bridgehead atoms. The van der Waals surface area contributed by atoms with E-state index < -0.39 is 0 Å². The van der Waals surface area contributed by atoms with Crippen LogP contribution in [0.1, 0.15) is 29.3 Å². The highest BCUT2D eigenvalue weighted by molar-refractivity contribution is 6.00. The SMILES string of the molecule is COCC(=O)CC(C)C(=O)c1ccc(OC)c(C)c1. The molecule has 0 aliphatic carbocycles. The van der Waals surface area contributed by atoms with E-state index in [4.69, 9.17) is 9.47 Å². The zero-order valence-corrected chi connectivity index (χ0v) is 11.9. The lowest BCUT2D eigenvalue weighted by atomic mass is 9.94. The number of ketones is 2. The Morgan fingerprint density at radius 3 is 2.47 bits per heavy atom. The third-order valence-corrected chi connectivity index (χ3v) is 2.97. The molecule has 1 aromatic carbocycles. The van der Waals surface area contributed by atoms with Gasteiger partial charge in [-0.05, 0) is 30.7 Å². The summed E-state index contributed by atoms with van der Waals surface area (Å²) in [6.45, 7) is 3.70. The Balaban J connectivity index is 2.77. The summed E-state index contributed by atoms with van der Waals surface area (Å²) in [5, 5.41) is 0. The van der Waals surface area contributed by atoms with Gasteiger partial charge in [0.05, 0.1) is 7.11 Å². The second kappa shape index (κ2) is 7.04. The maximum atomic E-state index is 12.2. The molecule has 1 atom stereocenters. The average molecular weight is 264 g/mol. The zero-order valence-electron chi connectivity index (χ0n) is 11.9. The van der Waals surface area contributed by atoms with Gasteiger partial charge in [-0.1, -0.05) is 6.92 Å². The molecule has 4 heteroatoms. The van der Waals surface area contributed by atoms with Crippen LogP contribution in [-0.4, -0.2) is 32.4 Å². The summed E-state index contributed by atoms with van der Waals surface area (Å²) in [6.07, 6.45) is 0.206. The molecule has 104 valence electrons. The number of Topliss-reactive ketones (excluding diaryl/α,β-unsaturated/α-hetero) is 2. The molecule has 0 saturated heterocycles. The van der Waals surface area contributed by atoms with Gasteiger partial charge < -0.3 is 9.47 Å². The first-order chi connectivity index (χ1) is 8.99. The molecule has 0 N–H and O–H groups in total. The van der Waals surface area contributed by atoms with Crippen LogP contribution in [0.5, 0.6) is 5.75 Å². The lowest BCUT2D eigenvalue weighted by Crippen LogP contribution is -2.18. The second-order valence-electron chi connectivity index (χ2n) is 4.63. The Kier molecular flexibility index (Phi) is 5.70. The van der Waals surface area contributed by atoms with Crippen LogP contribution < -0.4 is 4.74 Å². The predicted octanol–water partition coefficient (Wildman–Crippen LogP) is 2.43. The number of carbonyl (C=O) groups is 2. The van der Waals surface area contributed by atoms with Crippen molar-refractivity contribution in [3.05, 3.63) is 29.3 Å². The molecule has 0 aromatic heterocycles. The van der Waals surface area contributed by atoms with E-state index in [0.717, 1.165) is 11.3 Å². The van der Waals surface area contributed by atoms with Crippen LogP contribution in [0.3, 0.4) is 0 Å². The summed E-state index contributed by atoms with van der Waals surface area (Å²) >= 11 is 0. The summed E-state index contributed by atoms with van der Waals surface area (Å²) in [6, 6.07) is 5.29. The average Bonchev–Trinajstić information content (AvgIpc) is 2.37. The summed E-state index contributed by atoms with van der Waals surface area (Å²) in [4.78, 5) is 23.7. The van der Waals surface area contributed by atoms with Crippen molar-refractivity contribution in [3.8, 4) is 5.75 Å². The highest BCUT2D eigenvalue weighted by Gasteiger charge is 2.19. The smallest absolute Gasteiger partial charge is 0.166 e. The molecule has 0 heterocycles. The highest BCUT2D eigenvalue weighted by atomic mass is 16.5. The molecule has 4 nitrogen and oxygen atoms in total. The molecular formula is C15H20O4. The van der Waals surface area contributed by atoms with Crippen LogP contribution in [0.15, 0.2) is 18.2 Å². The summed E-state index contributed by atoms with van der Waals surface area (Å²) in [5.74, 6) is 0.318. The summed E-state index contributed by atoms with van der Waals surface area (Å²) in [7, 11) is 3.06. The van der Waals surface area contributed by atoms with Crippen LogP contribution in [0.2, 0.25) is 0 Å². The molecule has 0 fully saturated rings. The van der Waals surface area contributed by atoms with Crippen molar-refractivity contribution in [2.24, 2.45) is 5.92 Å². The summed E-state index contributed by atoms with van der Waals surface area (Å²) < 4.78 is 9.92. The van der Waals surface area contributed by atoms with E-state index in [1.807, 2.05) is 6.92 Å². The molecule has 0 radical (unpaired) electrons. The van der Waals surface area contributed by atoms with Crippen LogP contribution in [0, 0.1) is 12.8 Å². The fraction of sp³-hybridized carbons (Fsp3) is 0.467. The minimum absolute atomic E-state index is 0.0322. The first-order valence-corrected chi connectivity index (χ1v) is 6.19. The van der Waals surface area contributed by atoms with Crippen molar-refractivity contribution in [1.29, 1.82) is 0 Å². The molecule has 19 heavy (non-hydrogen) atoms. The largest absolute Gasteiger partial charge is 0.496 e. The van der Waals surface area contributed by atoms with Gasteiger partial charge in [0.1, 0.15) is 12.4 Å². The monoisotopic (exact) mass is 264 g/mol. The van der Waals surface area contributed by atoms with Gasteiger partial charge in [-0.25, -0.2) is 0 Å². The molecule has 1 aromatic rings. The fourth-order valence-electron chi connectivity index (χ4n) is 1.97. The van der Waals surface area contributed by atoms with E-state index >= 15 is 0 Å². The molecule has 1 rings (SSSR count). The number of hydrogen-bond donors (Lipinski definition) is 0. The van der Waals surface area contributed by atoms with Gasteiger partial charge in [0.15, 0.2) is 11.6 Å². The van der Waals surface area contributed by atoms with Gasteiger partial charge >= 0.3 is 0 Å². The molecule has 0 amide bonds. The van der Waals surface area contributed by atoms with E-state index in [9.17, 15) is 9.59 Å². The Morgan fingerprint density at radius 2 is 1.95 bits per heavy atom. The van der Waals surface area contributed by atoms with Gasteiger partial charge in [-0.3, -0.25) is 9.59 Å². The number of ether oxygens (including phenoxy) is 2. The number of methoxy groups -OCH3 is 2. The summed E-state index contributed by atoms with van der Waals surface area (Å²) in [5.41, 5.74) is 1.51. The zero-order chi connectivity index (χ0) is 14.4. The minimum atomic E-state index is -0.338. The predicted molar refractivity (Wildman–Crippen MR) is 72.7 cm³/mol. The van der Waals surface area contributed by atoms with Crippen molar-refractivity contribution < 1.29 is 19.1 Å². The van der Waals surface area contributed by atoms with Gasteiger partial charge in [-0.2, -0.15) is 0 Å². The molecule has 0 spiro atoms. The molecule has 0 aliphatic rings. The normalized spacial score (nSPS) is 12.0. The quantitative estimate of drug-likeness (QED) is 0.710. The van der Waals surface area contributed by atoms with Crippen LogP contribution in [0.25, 0.3) is 0 Å².